The molecule has 0 amide bonds. The summed E-state index contributed by atoms with van der Waals surface area (Å²) < 4.78 is 11.7. The maximum atomic E-state index is 10.1. The van der Waals surface area contributed by atoms with Crippen molar-refractivity contribution in [1.29, 1.82) is 0 Å². The SMILES string of the molecule is CCOc1cc(-c2cc(=Nc3nc(-c4ccccc4)c(C)s3)c3ccccc3o2)ccc1O. The van der Waals surface area contributed by atoms with Crippen LogP contribution in [-0.4, -0.2) is 16.7 Å². The third-order valence-electron chi connectivity index (χ3n) is 5.24. The van der Waals surface area contributed by atoms with Crippen LogP contribution >= 0.6 is 11.3 Å². The first kappa shape index (κ1) is 21.0. The Morgan fingerprint density at radius 2 is 1.76 bits per heavy atom. The predicted octanol–water partition coefficient (Wildman–Crippen LogP) is 6.87. The molecule has 5 aromatic rings. The Morgan fingerprint density at radius 3 is 2.58 bits per heavy atom. The Morgan fingerprint density at radius 1 is 0.970 bits per heavy atom. The van der Waals surface area contributed by atoms with Crippen molar-refractivity contribution in [1.82, 2.24) is 4.98 Å². The maximum Gasteiger partial charge on any atom is 0.210 e. The summed E-state index contributed by atoms with van der Waals surface area (Å²) in [5.41, 5.74) is 3.54. The Kier molecular flexibility index (Phi) is 5.67. The molecule has 5 rings (SSSR count). The van der Waals surface area contributed by atoms with Gasteiger partial charge in [-0.3, -0.25) is 0 Å². The molecule has 164 valence electrons. The van der Waals surface area contributed by atoms with Gasteiger partial charge in [-0.1, -0.05) is 53.8 Å². The molecule has 0 aliphatic heterocycles. The molecule has 0 fully saturated rings. The zero-order valence-corrected chi connectivity index (χ0v) is 19.1. The van der Waals surface area contributed by atoms with E-state index in [0.717, 1.165) is 38.0 Å². The summed E-state index contributed by atoms with van der Waals surface area (Å²) in [4.78, 5) is 10.8. The number of aryl methyl sites for hydroxylation is 1. The standard InChI is InChI=1S/C27H22N2O3S/c1-3-31-25-15-19(13-14-22(25)30)24-16-21(20-11-7-8-12-23(20)32-24)28-27-29-26(17(2)33-27)18-9-5-4-6-10-18/h4-16,30H,3H2,1-2H3. The Balaban J connectivity index is 1.66. The number of aromatic hydroxyl groups is 1. The molecule has 2 aromatic heterocycles. The zero-order chi connectivity index (χ0) is 22.8. The Hall–Kier alpha value is -3.90. The van der Waals surface area contributed by atoms with Crippen LogP contribution in [0.25, 0.3) is 33.6 Å². The molecule has 0 aliphatic rings. The average Bonchev–Trinajstić information content (AvgIpc) is 3.21. The number of phenolic OH excluding ortho intramolecular Hbond substituents is 1. The van der Waals surface area contributed by atoms with E-state index in [9.17, 15) is 5.11 Å². The fraction of sp³-hybridized carbons (Fsp3) is 0.111. The Labute approximate surface area is 195 Å². The lowest BCUT2D eigenvalue weighted by Crippen LogP contribution is -2.03. The molecular weight excluding hydrogens is 432 g/mol. The quantitative estimate of drug-likeness (QED) is 0.315. The lowest BCUT2D eigenvalue weighted by Gasteiger charge is -2.09. The lowest BCUT2D eigenvalue weighted by atomic mass is 10.1. The number of hydrogen-bond acceptors (Lipinski definition) is 6. The van der Waals surface area contributed by atoms with E-state index in [1.807, 2.05) is 55.5 Å². The van der Waals surface area contributed by atoms with E-state index in [2.05, 4.69) is 19.1 Å². The van der Waals surface area contributed by atoms with Gasteiger partial charge >= 0.3 is 0 Å². The maximum absolute atomic E-state index is 10.1. The van der Waals surface area contributed by atoms with Gasteiger partial charge in [-0.05, 0) is 44.2 Å². The molecule has 0 saturated heterocycles. The number of phenols is 1. The number of benzene rings is 3. The van der Waals surface area contributed by atoms with Crippen molar-refractivity contribution in [2.24, 2.45) is 4.99 Å². The lowest BCUT2D eigenvalue weighted by molar-refractivity contribution is 0.318. The van der Waals surface area contributed by atoms with Crippen molar-refractivity contribution < 1.29 is 14.3 Å². The fourth-order valence-corrected chi connectivity index (χ4v) is 4.50. The zero-order valence-electron chi connectivity index (χ0n) is 18.3. The highest BCUT2D eigenvalue weighted by Gasteiger charge is 2.12. The van der Waals surface area contributed by atoms with Crippen molar-refractivity contribution in [3.8, 4) is 34.1 Å². The van der Waals surface area contributed by atoms with Crippen LogP contribution in [0, 0.1) is 6.92 Å². The van der Waals surface area contributed by atoms with Crippen LogP contribution in [0.1, 0.15) is 11.8 Å². The highest BCUT2D eigenvalue weighted by atomic mass is 32.1. The molecule has 0 aliphatic carbocycles. The molecule has 0 spiro atoms. The molecule has 5 nitrogen and oxygen atoms in total. The van der Waals surface area contributed by atoms with Crippen LogP contribution in [0.4, 0.5) is 5.13 Å². The van der Waals surface area contributed by atoms with Gasteiger partial charge in [0.2, 0.25) is 5.13 Å². The molecule has 33 heavy (non-hydrogen) atoms. The summed E-state index contributed by atoms with van der Waals surface area (Å²) in [7, 11) is 0. The van der Waals surface area contributed by atoms with E-state index in [4.69, 9.17) is 19.1 Å². The van der Waals surface area contributed by atoms with Crippen LogP contribution in [0.3, 0.4) is 0 Å². The van der Waals surface area contributed by atoms with Gasteiger partial charge in [0.25, 0.3) is 0 Å². The van der Waals surface area contributed by atoms with E-state index >= 15 is 0 Å². The van der Waals surface area contributed by atoms with Crippen molar-refractivity contribution >= 4 is 27.4 Å². The van der Waals surface area contributed by atoms with Gasteiger partial charge in [-0.2, -0.15) is 0 Å². The smallest absolute Gasteiger partial charge is 0.210 e. The number of para-hydroxylation sites is 1. The van der Waals surface area contributed by atoms with Crippen LogP contribution in [-0.2, 0) is 0 Å². The molecule has 3 aromatic carbocycles. The Bertz CT molecular complexity index is 1500. The summed E-state index contributed by atoms with van der Waals surface area (Å²) >= 11 is 1.56. The van der Waals surface area contributed by atoms with Crippen LogP contribution in [0.15, 0.2) is 88.3 Å². The first-order valence-electron chi connectivity index (χ1n) is 10.7. The van der Waals surface area contributed by atoms with Crippen molar-refractivity contribution in [3.63, 3.8) is 0 Å². The van der Waals surface area contributed by atoms with Gasteiger partial charge in [0, 0.05) is 27.5 Å². The van der Waals surface area contributed by atoms with Crippen molar-refractivity contribution in [3.05, 3.63) is 89.1 Å². The second kappa shape index (κ2) is 8.92. The molecule has 0 bridgehead atoms. The number of hydrogen-bond donors (Lipinski definition) is 1. The van der Waals surface area contributed by atoms with Crippen LogP contribution in [0.5, 0.6) is 11.5 Å². The van der Waals surface area contributed by atoms with E-state index in [1.165, 1.54) is 0 Å². The van der Waals surface area contributed by atoms with E-state index < -0.39 is 0 Å². The second-order valence-corrected chi connectivity index (χ2v) is 8.67. The summed E-state index contributed by atoms with van der Waals surface area (Å²) in [5, 5.41) is 12.4. The predicted molar refractivity (Wildman–Crippen MR) is 132 cm³/mol. The highest BCUT2D eigenvalue weighted by Crippen LogP contribution is 2.34. The largest absolute Gasteiger partial charge is 0.504 e. The summed E-state index contributed by atoms with van der Waals surface area (Å²) in [6.45, 7) is 4.40. The molecule has 0 saturated carbocycles. The van der Waals surface area contributed by atoms with Gasteiger partial charge in [0.05, 0.1) is 17.7 Å². The fourth-order valence-electron chi connectivity index (χ4n) is 3.69. The molecule has 0 radical (unpaired) electrons. The first-order chi connectivity index (χ1) is 16.1. The minimum atomic E-state index is 0.0954. The topological polar surface area (TPSA) is 67.9 Å². The van der Waals surface area contributed by atoms with Crippen molar-refractivity contribution in [2.75, 3.05) is 6.61 Å². The number of nitrogens with zero attached hydrogens (tertiary/aromatic N) is 2. The second-order valence-electron chi connectivity index (χ2n) is 7.49. The molecule has 0 unspecified atom stereocenters. The first-order valence-corrected chi connectivity index (χ1v) is 11.5. The number of ether oxygens (including phenoxy) is 1. The molecule has 0 atom stereocenters. The van der Waals surface area contributed by atoms with Gasteiger partial charge < -0.3 is 14.3 Å². The normalized spacial score (nSPS) is 11.8. The highest BCUT2D eigenvalue weighted by molar-refractivity contribution is 7.15. The van der Waals surface area contributed by atoms with Gasteiger partial charge in [0.1, 0.15) is 11.3 Å². The third kappa shape index (κ3) is 4.25. The number of thiazole rings is 1. The van der Waals surface area contributed by atoms with E-state index in [0.29, 0.717) is 23.2 Å². The monoisotopic (exact) mass is 454 g/mol. The van der Waals surface area contributed by atoms with Crippen molar-refractivity contribution in [2.45, 2.75) is 13.8 Å². The third-order valence-corrected chi connectivity index (χ3v) is 6.11. The molecule has 6 heteroatoms. The number of fused-ring (bicyclic) bond motifs is 1. The minimum Gasteiger partial charge on any atom is -0.504 e. The summed E-state index contributed by atoms with van der Waals surface area (Å²) in [5.74, 6) is 1.14. The number of rotatable bonds is 5. The van der Waals surface area contributed by atoms with E-state index in [1.54, 1.807) is 29.5 Å². The molecular formula is C27H22N2O3S. The van der Waals surface area contributed by atoms with Crippen LogP contribution < -0.4 is 10.1 Å². The average molecular weight is 455 g/mol. The van der Waals surface area contributed by atoms with E-state index in [-0.39, 0.29) is 5.75 Å². The van der Waals surface area contributed by atoms with Gasteiger partial charge in [-0.15, -0.1) is 0 Å². The molecule has 2 heterocycles. The summed E-state index contributed by atoms with van der Waals surface area (Å²) in [6, 6.07) is 25.0. The van der Waals surface area contributed by atoms with Crippen LogP contribution in [0.2, 0.25) is 0 Å². The number of aromatic nitrogens is 1. The van der Waals surface area contributed by atoms with Gasteiger partial charge in [0.15, 0.2) is 11.5 Å². The summed E-state index contributed by atoms with van der Waals surface area (Å²) in [6.07, 6.45) is 0. The molecule has 1 N–H and O–H groups in total. The minimum absolute atomic E-state index is 0.0954. The van der Waals surface area contributed by atoms with Gasteiger partial charge in [-0.25, -0.2) is 9.98 Å².